The molecule has 0 rings (SSSR count). The Labute approximate surface area is 103 Å². The van der Waals surface area contributed by atoms with Gasteiger partial charge in [-0.15, -0.1) is 0 Å². The van der Waals surface area contributed by atoms with Gasteiger partial charge in [0.15, 0.2) is 0 Å². The van der Waals surface area contributed by atoms with Gasteiger partial charge in [0.1, 0.15) is 6.61 Å². The molecule has 0 aliphatic heterocycles. The second-order valence-corrected chi connectivity index (χ2v) is 3.63. The van der Waals surface area contributed by atoms with Gasteiger partial charge in [-0.3, -0.25) is 4.79 Å². The topological polar surface area (TPSA) is 54.0 Å². The Morgan fingerprint density at radius 1 is 0.824 bits per heavy atom. The second kappa shape index (κ2) is 13.4. The molecule has 0 aromatic rings. The lowest BCUT2D eigenvalue weighted by Crippen LogP contribution is -2.09. The summed E-state index contributed by atoms with van der Waals surface area (Å²) in [5.41, 5.74) is 0. The molecule has 102 valence electrons. The first-order valence-corrected chi connectivity index (χ1v) is 6.02. The van der Waals surface area contributed by atoms with Crippen LogP contribution in [0.3, 0.4) is 0 Å². The number of ether oxygens (including phenoxy) is 4. The fourth-order valence-electron chi connectivity index (χ4n) is 1.21. The molecule has 0 aliphatic rings. The highest BCUT2D eigenvalue weighted by molar-refractivity contribution is 5.69. The molecular weight excluding hydrogens is 224 g/mol. The van der Waals surface area contributed by atoms with Crippen molar-refractivity contribution >= 4 is 5.97 Å². The van der Waals surface area contributed by atoms with E-state index >= 15 is 0 Å². The first-order chi connectivity index (χ1) is 8.31. The standard InChI is InChI=1S/C12H24O5/c1-14-8-10-16-7-5-3-4-6-12(13)17-11-9-15-2/h3-11H2,1-2H3. The van der Waals surface area contributed by atoms with Crippen LogP contribution in [0.15, 0.2) is 0 Å². The normalized spacial score (nSPS) is 10.5. The zero-order valence-electron chi connectivity index (χ0n) is 10.9. The Morgan fingerprint density at radius 3 is 2.24 bits per heavy atom. The van der Waals surface area contributed by atoms with Crippen molar-refractivity contribution in [3.8, 4) is 0 Å². The molecule has 0 N–H and O–H groups in total. The van der Waals surface area contributed by atoms with Gasteiger partial charge in [0.05, 0.1) is 19.8 Å². The summed E-state index contributed by atoms with van der Waals surface area (Å²) >= 11 is 0. The smallest absolute Gasteiger partial charge is 0.305 e. The monoisotopic (exact) mass is 248 g/mol. The van der Waals surface area contributed by atoms with Gasteiger partial charge in [0.2, 0.25) is 0 Å². The molecule has 0 amide bonds. The maximum absolute atomic E-state index is 11.2. The van der Waals surface area contributed by atoms with Crippen LogP contribution in [0.1, 0.15) is 25.7 Å². The SMILES string of the molecule is COCCOCCCCCC(=O)OCCOC. The van der Waals surface area contributed by atoms with Gasteiger partial charge in [0.25, 0.3) is 0 Å². The Kier molecular flexibility index (Phi) is 12.9. The van der Waals surface area contributed by atoms with Gasteiger partial charge in [-0.25, -0.2) is 0 Å². The molecule has 5 heteroatoms. The molecule has 0 aromatic carbocycles. The molecule has 5 nitrogen and oxygen atoms in total. The Hall–Kier alpha value is -0.650. The molecule has 0 saturated carbocycles. The van der Waals surface area contributed by atoms with E-state index in [0.29, 0.717) is 32.8 Å². The lowest BCUT2D eigenvalue weighted by atomic mass is 10.2. The van der Waals surface area contributed by atoms with Crippen molar-refractivity contribution in [1.82, 2.24) is 0 Å². The molecular formula is C12H24O5. The summed E-state index contributed by atoms with van der Waals surface area (Å²) in [5.74, 6) is -0.151. The van der Waals surface area contributed by atoms with Crippen LogP contribution in [0.4, 0.5) is 0 Å². The molecule has 17 heavy (non-hydrogen) atoms. The van der Waals surface area contributed by atoms with Crippen LogP contribution in [0.25, 0.3) is 0 Å². The number of unbranched alkanes of at least 4 members (excludes halogenated alkanes) is 2. The van der Waals surface area contributed by atoms with E-state index in [1.165, 1.54) is 0 Å². The summed E-state index contributed by atoms with van der Waals surface area (Å²) in [4.78, 5) is 11.2. The summed E-state index contributed by atoms with van der Waals surface area (Å²) in [5, 5.41) is 0. The van der Waals surface area contributed by atoms with E-state index in [0.717, 1.165) is 25.9 Å². The third-order valence-corrected chi connectivity index (χ3v) is 2.15. The number of carbonyl (C=O) groups excluding carboxylic acids is 1. The lowest BCUT2D eigenvalue weighted by Gasteiger charge is -2.04. The van der Waals surface area contributed by atoms with Crippen molar-refractivity contribution in [2.24, 2.45) is 0 Å². The average Bonchev–Trinajstić information content (AvgIpc) is 2.33. The molecule has 0 aliphatic carbocycles. The highest BCUT2D eigenvalue weighted by Crippen LogP contribution is 2.01. The summed E-state index contributed by atoms with van der Waals surface area (Å²) in [7, 11) is 3.23. The third-order valence-electron chi connectivity index (χ3n) is 2.15. The second-order valence-electron chi connectivity index (χ2n) is 3.63. The molecule has 0 heterocycles. The fourth-order valence-corrected chi connectivity index (χ4v) is 1.21. The largest absolute Gasteiger partial charge is 0.463 e. The van der Waals surface area contributed by atoms with Crippen molar-refractivity contribution in [1.29, 1.82) is 0 Å². The van der Waals surface area contributed by atoms with Gasteiger partial charge in [-0.1, -0.05) is 6.42 Å². The minimum absolute atomic E-state index is 0.151. The maximum atomic E-state index is 11.2. The van der Waals surface area contributed by atoms with Gasteiger partial charge in [-0.05, 0) is 12.8 Å². The van der Waals surface area contributed by atoms with Crippen LogP contribution in [0.2, 0.25) is 0 Å². The predicted molar refractivity (Wildman–Crippen MR) is 64.0 cm³/mol. The quantitative estimate of drug-likeness (QED) is 0.386. The van der Waals surface area contributed by atoms with Crippen molar-refractivity contribution in [2.45, 2.75) is 25.7 Å². The predicted octanol–water partition coefficient (Wildman–Crippen LogP) is 1.40. The Morgan fingerprint density at radius 2 is 1.53 bits per heavy atom. The summed E-state index contributed by atoms with van der Waals surface area (Å²) in [6.07, 6.45) is 3.27. The summed E-state index contributed by atoms with van der Waals surface area (Å²) in [6.45, 7) is 2.79. The van der Waals surface area contributed by atoms with Crippen LogP contribution >= 0.6 is 0 Å². The van der Waals surface area contributed by atoms with Crippen molar-refractivity contribution in [3.05, 3.63) is 0 Å². The van der Waals surface area contributed by atoms with Crippen molar-refractivity contribution in [3.63, 3.8) is 0 Å². The van der Waals surface area contributed by atoms with E-state index in [1.54, 1.807) is 14.2 Å². The molecule has 0 spiro atoms. The number of esters is 1. The van der Waals surface area contributed by atoms with Gasteiger partial charge in [0, 0.05) is 27.2 Å². The van der Waals surface area contributed by atoms with E-state index in [-0.39, 0.29) is 5.97 Å². The Balaban J connectivity index is 3.08. The van der Waals surface area contributed by atoms with Gasteiger partial charge >= 0.3 is 5.97 Å². The molecule has 0 atom stereocenters. The van der Waals surface area contributed by atoms with Crippen LogP contribution in [0, 0.1) is 0 Å². The van der Waals surface area contributed by atoms with E-state index in [1.807, 2.05) is 0 Å². The molecule has 0 saturated heterocycles. The van der Waals surface area contributed by atoms with Crippen LogP contribution in [0.5, 0.6) is 0 Å². The fraction of sp³-hybridized carbons (Fsp3) is 0.917. The van der Waals surface area contributed by atoms with Crippen LogP contribution in [-0.2, 0) is 23.7 Å². The number of rotatable bonds is 12. The van der Waals surface area contributed by atoms with Crippen LogP contribution in [-0.4, -0.2) is 53.2 Å². The number of carbonyl (C=O) groups is 1. The van der Waals surface area contributed by atoms with Crippen molar-refractivity contribution < 1.29 is 23.7 Å². The van der Waals surface area contributed by atoms with E-state index in [4.69, 9.17) is 18.9 Å². The van der Waals surface area contributed by atoms with E-state index in [2.05, 4.69) is 0 Å². The van der Waals surface area contributed by atoms with E-state index < -0.39 is 0 Å². The van der Waals surface area contributed by atoms with E-state index in [9.17, 15) is 4.79 Å². The molecule has 0 fully saturated rings. The minimum atomic E-state index is -0.151. The minimum Gasteiger partial charge on any atom is -0.463 e. The molecule has 0 radical (unpaired) electrons. The van der Waals surface area contributed by atoms with Crippen LogP contribution < -0.4 is 0 Å². The third kappa shape index (κ3) is 13.3. The van der Waals surface area contributed by atoms with Gasteiger partial charge in [-0.2, -0.15) is 0 Å². The Bertz CT molecular complexity index is 172. The first-order valence-electron chi connectivity index (χ1n) is 6.02. The molecule has 0 unspecified atom stereocenters. The van der Waals surface area contributed by atoms with Gasteiger partial charge < -0.3 is 18.9 Å². The first kappa shape index (κ1) is 16.4. The lowest BCUT2D eigenvalue weighted by molar-refractivity contribution is -0.145. The van der Waals surface area contributed by atoms with Crippen molar-refractivity contribution in [2.75, 3.05) is 47.3 Å². The maximum Gasteiger partial charge on any atom is 0.305 e. The highest BCUT2D eigenvalue weighted by atomic mass is 16.6. The summed E-state index contributed by atoms with van der Waals surface area (Å²) in [6, 6.07) is 0. The highest BCUT2D eigenvalue weighted by Gasteiger charge is 2.01. The number of methoxy groups -OCH3 is 2. The molecule has 0 bridgehead atoms. The zero-order valence-corrected chi connectivity index (χ0v) is 10.9. The molecule has 0 aromatic heterocycles. The summed E-state index contributed by atoms with van der Waals surface area (Å²) < 4.78 is 19.9. The zero-order chi connectivity index (χ0) is 12.8. The number of hydrogen-bond acceptors (Lipinski definition) is 5. The number of hydrogen-bond donors (Lipinski definition) is 0. The average molecular weight is 248 g/mol.